The van der Waals surface area contributed by atoms with Gasteiger partial charge in [-0.15, -0.1) is 0 Å². The van der Waals surface area contributed by atoms with Crippen molar-refractivity contribution >= 4 is 27.5 Å². The van der Waals surface area contributed by atoms with Crippen LogP contribution in [-0.4, -0.2) is 87.5 Å². The molecule has 38 heavy (non-hydrogen) atoms. The lowest BCUT2D eigenvalue weighted by Crippen LogP contribution is -2.47. The molecule has 4 rings (SSSR count). The highest BCUT2D eigenvalue weighted by Gasteiger charge is 2.27. The van der Waals surface area contributed by atoms with Crippen molar-refractivity contribution in [2.45, 2.75) is 17.7 Å². The molecule has 2 amide bonds. The molecule has 2 aliphatic heterocycles. The standard InChI is InChI=1S/C25H30N4O8S/c30-24(17-27-12-14-36-15-13-27)28-10-8-19(9-11-28)18-37-23-7-6-21(16-22(23)29(32)33)38(34,35)26-25(31)20-4-2-1-3-5-20/h1-7,16,19H,8-15,17-18H2,(H,26,31). The van der Waals surface area contributed by atoms with Crippen LogP contribution >= 0.6 is 0 Å². The average Bonchev–Trinajstić information content (AvgIpc) is 2.92. The lowest BCUT2D eigenvalue weighted by molar-refractivity contribution is -0.386. The number of morpholine rings is 1. The predicted molar refractivity (Wildman–Crippen MR) is 136 cm³/mol. The van der Waals surface area contributed by atoms with E-state index in [0.717, 1.165) is 25.2 Å². The maximum atomic E-state index is 12.7. The number of hydrogen-bond acceptors (Lipinski definition) is 9. The van der Waals surface area contributed by atoms with Crippen LogP contribution in [0, 0.1) is 16.0 Å². The second-order valence-corrected chi connectivity index (χ2v) is 10.9. The number of nitrogens with zero attached hydrogens (tertiary/aromatic N) is 3. The molecule has 2 heterocycles. The molecule has 0 bridgehead atoms. The van der Waals surface area contributed by atoms with E-state index in [4.69, 9.17) is 9.47 Å². The van der Waals surface area contributed by atoms with Crippen LogP contribution in [-0.2, 0) is 19.6 Å². The highest BCUT2D eigenvalue weighted by atomic mass is 32.2. The fourth-order valence-electron chi connectivity index (χ4n) is 4.37. The highest BCUT2D eigenvalue weighted by Crippen LogP contribution is 2.31. The van der Waals surface area contributed by atoms with Crippen LogP contribution < -0.4 is 9.46 Å². The Balaban J connectivity index is 1.33. The Bertz CT molecular complexity index is 1260. The van der Waals surface area contributed by atoms with E-state index in [-0.39, 0.29) is 29.7 Å². The van der Waals surface area contributed by atoms with Crippen LogP contribution in [0.1, 0.15) is 23.2 Å². The third kappa shape index (κ3) is 7.05. The fourth-order valence-corrected chi connectivity index (χ4v) is 5.36. The summed E-state index contributed by atoms with van der Waals surface area (Å²) in [7, 11) is -4.35. The van der Waals surface area contributed by atoms with Gasteiger partial charge in [-0.1, -0.05) is 18.2 Å². The van der Waals surface area contributed by atoms with Crippen molar-refractivity contribution in [3.8, 4) is 5.75 Å². The summed E-state index contributed by atoms with van der Waals surface area (Å²) >= 11 is 0. The number of benzene rings is 2. The van der Waals surface area contributed by atoms with E-state index in [1.54, 1.807) is 18.2 Å². The molecule has 2 saturated heterocycles. The van der Waals surface area contributed by atoms with Gasteiger partial charge in [0.25, 0.3) is 15.9 Å². The smallest absolute Gasteiger partial charge is 0.312 e. The molecule has 0 unspecified atom stereocenters. The maximum absolute atomic E-state index is 12.7. The van der Waals surface area contributed by atoms with Gasteiger partial charge < -0.3 is 14.4 Å². The van der Waals surface area contributed by atoms with Crippen LogP contribution in [0.3, 0.4) is 0 Å². The molecular weight excluding hydrogens is 516 g/mol. The molecule has 13 heteroatoms. The van der Waals surface area contributed by atoms with E-state index >= 15 is 0 Å². The largest absolute Gasteiger partial charge is 0.487 e. The lowest BCUT2D eigenvalue weighted by atomic mass is 9.97. The molecule has 2 aromatic carbocycles. The van der Waals surface area contributed by atoms with Crippen molar-refractivity contribution in [2.24, 2.45) is 5.92 Å². The minimum Gasteiger partial charge on any atom is -0.487 e. The minimum absolute atomic E-state index is 0.0610. The summed E-state index contributed by atoms with van der Waals surface area (Å²) in [6, 6.07) is 11.0. The SMILES string of the molecule is O=C(NS(=O)(=O)c1ccc(OCC2CCN(C(=O)CN3CCOCC3)CC2)c([N+](=O)[O-])c1)c1ccccc1. The number of nitrogens with one attached hydrogen (secondary N) is 1. The minimum atomic E-state index is -4.35. The quantitative estimate of drug-likeness (QED) is 0.366. The second-order valence-electron chi connectivity index (χ2n) is 9.21. The molecule has 2 aliphatic rings. The third-order valence-electron chi connectivity index (χ3n) is 6.60. The molecule has 0 atom stereocenters. The molecule has 2 aromatic rings. The Hall–Kier alpha value is -3.55. The zero-order valence-electron chi connectivity index (χ0n) is 20.8. The van der Waals surface area contributed by atoms with Crippen LogP contribution in [0.25, 0.3) is 0 Å². The van der Waals surface area contributed by atoms with Crippen molar-refractivity contribution in [1.29, 1.82) is 0 Å². The van der Waals surface area contributed by atoms with E-state index in [9.17, 15) is 28.1 Å². The molecule has 204 valence electrons. The molecule has 0 aliphatic carbocycles. The van der Waals surface area contributed by atoms with Gasteiger partial charge >= 0.3 is 5.69 Å². The number of amides is 2. The number of piperidine rings is 1. The normalized spacial score (nSPS) is 17.1. The van der Waals surface area contributed by atoms with E-state index < -0.39 is 31.4 Å². The fraction of sp³-hybridized carbons (Fsp3) is 0.440. The first-order valence-corrected chi connectivity index (χ1v) is 13.8. The predicted octanol–water partition coefficient (Wildman–Crippen LogP) is 1.66. The maximum Gasteiger partial charge on any atom is 0.312 e. The first-order valence-electron chi connectivity index (χ1n) is 12.3. The Kier molecular flexibility index (Phi) is 8.92. The van der Waals surface area contributed by atoms with Crippen molar-refractivity contribution < 1.29 is 32.4 Å². The summed E-state index contributed by atoms with van der Waals surface area (Å²) in [5.41, 5.74) is -0.377. The van der Waals surface area contributed by atoms with Crippen LogP contribution in [0.15, 0.2) is 53.4 Å². The average molecular weight is 547 g/mol. The van der Waals surface area contributed by atoms with Gasteiger partial charge in [0.05, 0.1) is 36.2 Å². The molecule has 0 saturated carbocycles. The van der Waals surface area contributed by atoms with Crippen molar-refractivity contribution in [1.82, 2.24) is 14.5 Å². The van der Waals surface area contributed by atoms with Crippen LogP contribution in [0.2, 0.25) is 0 Å². The number of rotatable bonds is 9. The molecular formula is C25H30N4O8S. The molecule has 0 spiro atoms. The van der Waals surface area contributed by atoms with Gasteiger partial charge in [0, 0.05) is 37.8 Å². The Morgan fingerprint density at radius 1 is 1.05 bits per heavy atom. The number of ether oxygens (including phenoxy) is 2. The summed E-state index contributed by atoms with van der Waals surface area (Å²) in [6.45, 7) is 4.49. The molecule has 0 aromatic heterocycles. The number of hydrogen-bond donors (Lipinski definition) is 1. The zero-order valence-corrected chi connectivity index (χ0v) is 21.6. The number of sulfonamides is 1. The van der Waals surface area contributed by atoms with Gasteiger partial charge in [0.2, 0.25) is 5.91 Å². The molecule has 0 radical (unpaired) electrons. The number of nitro groups is 1. The van der Waals surface area contributed by atoms with Crippen LogP contribution in [0.5, 0.6) is 5.75 Å². The Morgan fingerprint density at radius 3 is 2.39 bits per heavy atom. The molecule has 2 fully saturated rings. The van der Waals surface area contributed by atoms with E-state index in [1.165, 1.54) is 18.2 Å². The number of carbonyl (C=O) groups excluding carboxylic acids is 2. The summed E-state index contributed by atoms with van der Waals surface area (Å²) in [5.74, 6) is -0.730. The summed E-state index contributed by atoms with van der Waals surface area (Å²) in [4.78, 5) is 39.3. The van der Waals surface area contributed by atoms with Gasteiger partial charge in [-0.25, -0.2) is 13.1 Å². The second kappa shape index (κ2) is 12.3. The van der Waals surface area contributed by atoms with Crippen molar-refractivity contribution in [2.75, 3.05) is 52.5 Å². The van der Waals surface area contributed by atoms with Crippen molar-refractivity contribution in [3.63, 3.8) is 0 Å². The topological polar surface area (TPSA) is 148 Å². The molecule has 12 nitrogen and oxygen atoms in total. The van der Waals surface area contributed by atoms with Gasteiger partial charge in [0.1, 0.15) is 0 Å². The Morgan fingerprint density at radius 2 is 1.74 bits per heavy atom. The molecule has 1 N–H and O–H groups in total. The Labute approximate surface area is 220 Å². The first kappa shape index (κ1) is 27.5. The zero-order chi connectivity index (χ0) is 27.1. The lowest BCUT2D eigenvalue weighted by Gasteiger charge is -2.34. The summed E-state index contributed by atoms with van der Waals surface area (Å²) in [5, 5.41) is 11.7. The van der Waals surface area contributed by atoms with Gasteiger partial charge in [-0.2, -0.15) is 0 Å². The van der Waals surface area contributed by atoms with Gasteiger partial charge in [-0.3, -0.25) is 24.6 Å². The number of carbonyl (C=O) groups is 2. The monoisotopic (exact) mass is 546 g/mol. The van der Waals surface area contributed by atoms with Crippen molar-refractivity contribution in [3.05, 3.63) is 64.2 Å². The highest BCUT2D eigenvalue weighted by molar-refractivity contribution is 7.90. The number of likely N-dealkylation sites (tertiary alicyclic amines) is 1. The summed E-state index contributed by atoms with van der Waals surface area (Å²) in [6.07, 6.45) is 1.39. The first-order chi connectivity index (χ1) is 18.2. The van der Waals surface area contributed by atoms with E-state index in [1.807, 2.05) is 9.62 Å². The number of nitro benzene ring substituents is 1. The summed E-state index contributed by atoms with van der Waals surface area (Å²) < 4.78 is 38.3. The third-order valence-corrected chi connectivity index (χ3v) is 7.93. The van der Waals surface area contributed by atoms with E-state index in [2.05, 4.69) is 4.90 Å². The van der Waals surface area contributed by atoms with E-state index in [0.29, 0.717) is 45.7 Å². The van der Waals surface area contributed by atoms with Gasteiger partial charge in [-0.05, 0) is 43.0 Å². The van der Waals surface area contributed by atoms with Gasteiger partial charge in [0.15, 0.2) is 5.75 Å². The van der Waals surface area contributed by atoms with Crippen LogP contribution in [0.4, 0.5) is 5.69 Å².